The van der Waals surface area contributed by atoms with Crippen LogP contribution < -0.4 is 5.32 Å². The molecule has 1 N–H and O–H groups in total. The van der Waals surface area contributed by atoms with Crippen LogP contribution in [0, 0.1) is 0 Å². The summed E-state index contributed by atoms with van der Waals surface area (Å²) in [6.07, 6.45) is 4.70. The zero-order valence-electron chi connectivity index (χ0n) is 19.3. The number of rotatable bonds is 10. The minimum atomic E-state index is -3.49. The molecule has 1 aromatic carbocycles. The summed E-state index contributed by atoms with van der Waals surface area (Å²) >= 11 is 1.63. The summed E-state index contributed by atoms with van der Waals surface area (Å²) in [6, 6.07) is 9.23. The van der Waals surface area contributed by atoms with Gasteiger partial charge in [-0.2, -0.15) is 4.31 Å². The topological polar surface area (TPSA) is 84.3 Å². The molecule has 0 spiro atoms. The maximum Gasteiger partial charge on any atom is 0.243 e. The molecular formula is C24H32N4O3S2. The Balaban J connectivity index is 1.54. The third-order valence-electron chi connectivity index (χ3n) is 6.16. The molecule has 1 saturated heterocycles. The van der Waals surface area contributed by atoms with Gasteiger partial charge < -0.3 is 9.88 Å². The lowest BCUT2D eigenvalue weighted by Crippen LogP contribution is -2.27. The van der Waals surface area contributed by atoms with Gasteiger partial charge in [0.15, 0.2) is 0 Å². The highest BCUT2D eigenvalue weighted by Gasteiger charge is 2.28. The van der Waals surface area contributed by atoms with E-state index in [1.54, 1.807) is 27.8 Å². The number of carbonyl (C=O) groups excluding carboxylic acids is 1. The molecule has 1 aliphatic rings. The van der Waals surface area contributed by atoms with E-state index >= 15 is 0 Å². The Morgan fingerprint density at radius 2 is 2.03 bits per heavy atom. The molecule has 1 aliphatic heterocycles. The van der Waals surface area contributed by atoms with Gasteiger partial charge in [-0.05, 0) is 55.8 Å². The van der Waals surface area contributed by atoms with E-state index in [0.29, 0.717) is 36.3 Å². The van der Waals surface area contributed by atoms with E-state index < -0.39 is 10.0 Å². The van der Waals surface area contributed by atoms with E-state index in [0.717, 1.165) is 48.4 Å². The predicted octanol–water partition coefficient (Wildman–Crippen LogP) is 4.49. The molecule has 1 unspecified atom stereocenters. The Kier molecular flexibility index (Phi) is 7.51. The largest absolute Gasteiger partial charge is 0.349 e. The zero-order valence-corrected chi connectivity index (χ0v) is 20.9. The fourth-order valence-corrected chi connectivity index (χ4v) is 6.57. The first kappa shape index (κ1) is 23.9. The highest BCUT2D eigenvalue weighted by Crippen LogP contribution is 2.26. The van der Waals surface area contributed by atoms with Crippen LogP contribution in [0.3, 0.4) is 0 Å². The lowest BCUT2D eigenvalue weighted by molar-refractivity contribution is -0.121. The van der Waals surface area contributed by atoms with Crippen LogP contribution in [-0.4, -0.2) is 41.3 Å². The number of nitrogens with one attached hydrogen (secondary N) is 1. The van der Waals surface area contributed by atoms with Gasteiger partial charge >= 0.3 is 0 Å². The maximum absolute atomic E-state index is 13.0. The van der Waals surface area contributed by atoms with E-state index in [4.69, 9.17) is 4.98 Å². The van der Waals surface area contributed by atoms with Gasteiger partial charge in [0, 0.05) is 37.4 Å². The maximum atomic E-state index is 13.0. The van der Waals surface area contributed by atoms with E-state index in [-0.39, 0.29) is 11.9 Å². The molecule has 1 atom stereocenters. The quantitative estimate of drug-likeness (QED) is 0.456. The number of sulfonamides is 1. The molecule has 2 aromatic heterocycles. The highest BCUT2D eigenvalue weighted by atomic mass is 32.2. The van der Waals surface area contributed by atoms with Crippen molar-refractivity contribution in [1.29, 1.82) is 0 Å². The van der Waals surface area contributed by atoms with Gasteiger partial charge in [0.1, 0.15) is 5.82 Å². The van der Waals surface area contributed by atoms with Crippen LogP contribution in [0.5, 0.6) is 0 Å². The van der Waals surface area contributed by atoms with Crippen molar-refractivity contribution in [3.63, 3.8) is 0 Å². The summed E-state index contributed by atoms with van der Waals surface area (Å²) in [5, 5.41) is 5.07. The number of imidazole rings is 1. The molecule has 3 aromatic rings. The minimum absolute atomic E-state index is 0.0118. The first-order valence-electron chi connectivity index (χ1n) is 11.7. The van der Waals surface area contributed by atoms with Crippen molar-refractivity contribution in [2.75, 3.05) is 13.1 Å². The van der Waals surface area contributed by atoms with Crippen molar-refractivity contribution in [1.82, 2.24) is 19.2 Å². The van der Waals surface area contributed by atoms with Gasteiger partial charge in [-0.1, -0.05) is 19.4 Å². The van der Waals surface area contributed by atoms with Gasteiger partial charge in [0.25, 0.3) is 0 Å². The smallest absolute Gasteiger partial charge is 0.243 e. The number of aromatic nitrogens is 2. The summed E-state index contributed by atoms with van der Waals surface area (Å²) in [4.78, 5) is 18.8. The lowest BCUT2D eigenvalue weighted by atomic mass is 10.2. The van der Waals surface area contributed by atoms with Gasteiger partial charge in [-0.3, -0.25) is 4.79 Å². The van der Waals surface area contributed by atoms with Crippen molar-refractivity contribution < 1.29 is 13.2 Å². The fourth-order valence-electron chi connectivity index (χ4n) is 4.30. The number of thiophene rings is 1. The Hall–Kier alpha value is -2.23. The molecule has 7 nitrogen and oxygen atoms in total. The summed E-state index contributed by atoms with van der Waals surface area (Å²) in [7, 11) is -3.49. The lowest BCUT2D eigenvalue weighted by Gasteiger charge is -2.15. The third kappa shape index (κ3) is 5.31. The Morgan fingerprint density at radius 3 is 2.73 bits per heavy atom. The first-order valence-corrected chi connectivity index (χ1v) is 14.0. The molecular weight excluding hydrogens is 456 g/mol. The molecule has 33 heavy (non-hydrogen) atoms. The molecule has 4 rings (SSSR count). The Labute approximate surface area is 199 Å². The molecule has 0 saturated carbocycles. The second kappa shape index (κ2) is 10.4. The van der Waals surface area contributed by atoms with Crippen molar-refractivity contribution in [2.45, 2.75) is 69.9 Å². The monoisotopic (exact) mass is 488 g/mol. The van der Waals surface area contributed by atoms with Crippen LogP contribution in [-0.2, 0) is 27.8 Å². The fraction of sp³-hybridized carbons (Fsp3) is 0.500. The second-order valence-corrected chi connectivity index (χ2v) is 11.5. The number of unbranched alkanes of at least 4 members (excludes halogenated alkanes) is 1. The van der Waals surface area contributed by atoms with E-state index in [1.165, 1.54) is 0 Å². The number of aryl methyl sites for hydroxylation is 2. The summed E-state index contributed by atoms with van der Waals surface area (Å²) < 4.78 is 29.7. The van der Waals surface area contributed by atoms with Crippen molar-refractivity contribution in [3.05, 3.63) is 46.4 Å². The van der Waals surface area contributed by atoms with E-state index in [1.807, 2.05) is 30.5 Å². The number of carbonyl (C=O) groups is 1. The normalized spacial score (nSPS) is 15.8. The summed E-state index contributed by atoms with van der Waals surface area (Å²) in [5.74, 6) is 0.815. The molecule has 1 amide bonds. The average Bonchev–Trinajstić information content (AvgIpc) is 3.57. The second-order valence-electron chi connectivity index (χ2n) is 8.60. The van der Waals surface area contributed by atoms with E-state index in [9.17, 15) is 13.2 Å². The van der Waals surface area contributed by atoms with Crippen molar-refractivity contribution in [2.24, 2.45) is 0 Å². The Bertz CT molecular complexity index is 1200. The van der Waals surface area contributed by atoms with Crippen LogP contribution in [0.15, 0.2) is 40.6 Å². The predicted molar refractivity (Wildman–Crippen MR) is 132 cm³/mol. The molecule has 178 valence electrons. The number of hydrogen-bond donors (Lipinski definition) is 1. The molecule has 0 radical (unpaired) electrons. The van der Waals surface area contributed by atoms with Crippen molar-refractivity contribution in [3.8, 4) is 0 Å². The van der Waals surface area contributed by atoms with Crippen LogP contribution >= 0.6 is 11.3 Å². The summed E-state index contributed by atoms with van der Waals surface area (Å²) in [5.41, 5.74) is 1.60. The van der Waals surface area contributed by atoms with Crippen LogP contribution in [0.1, 0.15) is 62.7 Å². The van der Waals surface area contributed by atoms with Gasteiger partial charge in [-0.15, -0.1) is 11.3 Å². The average molecular weight is 489 g/mol. The SMILES string of the molecule is CCCCn1c(CCC(=O)NC(C)c2cccs2)nc2cc(S(=O)(=O)N3CCCC3)ccc21. The summed E-state index contributed by atoms with van der Waals surface area (Å²) in [6.45, 7) is 6.08. The number of fused-ring (bicyclic) bond motifs is 1. The van der Waals surface area contributed by atoms with Gasteiger partial charge in [-0.25, -0.2) is 13.4 Å². The molecule has 1 fully saturated rings. The number of hydrogen-bond acceptors (Lipinski definition) is 5. The number of benzene rings is 1. The Morgan fingerprint density at radius 1 is 1.24 bits per heavy atom. The third-order valence-corrected chi connectivity index (χ3v) is 9.11. The first-order chi connectivity index (χ1) is 15.9. The molecule has 0 aliphatic carbocycles. The molecule has 0 bridgehead atoms. The van der Waals surface area contributed by atoms with Crippen LogP contribution in [0.4, 0.5) is 0 Å². The zero-order chi connectivity index (χ0) is 23.4. The number of nitrogens with zero attached hydrogens (tertiary/aromatic N) is 3. The number of amides is 1. The van der Waals surface area contributed by atoms with Gasteiger partial charge in [0.2, 0.25) is 15.9 Å². The highest BCUT2D eigenvalue weighted by molar-refractivity contribution is 7.89. The van der Waals surface area contributed by atoms with Gasteiger partial charge in [0.05, 0.1) is 22.0 Å². The van der Waals surface area contributed by atoms with Crippen LogP contribution in [0.2, 0.25) is 0 Å². The molecule has 3 heterocycles. The standard InChI is InChI=1S/C24H32N4O3S2/c1-3-4-15-28-21-10-9-19(33(30,31)27-13-5-6-14-27)17-20(21)26-23(28)11-12-24(29)25-18(2)22-8-7-16-32-22/h7-10,16-18H,3-6,11-15H2,1-2H3,(H,25,29). The van der Waals surface area contributed by atoms with Crippen molar-refractivity contribution >= 4 is 38.3 Å². The molecule has 9 heteroatoms. The van der Waals surface area contributed by atoms with Crippen LogP contribution in [0.25, 0.3) is 11.0 Å². The minimum Gasteiger partial charge on any atom is -0.349 e. The van der Waals surface area contributed by atoms with E-state index in [2.05, 4.69) is 16.8 Å².